The molecule has 0 radical (unpaired) electrons. The van der Waals surface area contributed by atoms with Crippen LogP contribution in [0.2, 0.25) is 0 Å². The number of carbonyl (C=O) groups is 1. The van der Waals surface area contributed by atoms with E-state index in [4.69, 9.17) is 15.7 Å². The first-order chi connectivity index (χ1) is 9.53. The van der Waals surface area contributed by atoms with Gasteiger partial charge < -0.3 is 20.6 Å². The third kappa shape index (κ3) is 2.61. The largest absolute Gasteiger partial charge is 0.409 e. The van der Waals surface area contributed by atoms with E-state index in [-0.39, 0.29) is 17.8 Å². The molecule has 0 aromatic heterocycles. The lowest BCUT2D eigenvalue weighted by atomic mass is 9.61. The number of likely N-dealkylation sites (N-methyl/N-ethyl adjacent to an activating group) is 1. The van der Waals surface area contributed by atoms with Gasteiger partial charge in [-0.15, -0.1) is 0 Å². The molecule has 1 aliphatic heterocycles. The fraction of sp³-hybridized carbons (Fsp3) is 0.857. The van der Waals surface area contributed by atoms with Crippen molar-refractivity contribution in [3.63, 3.8) is 0 Å². The van der Waals surface area contributed by atoms with Crippen LogP contribution in [0.5, 0.6) is 0 Å². The molecule has 6 heteroatoms. The zero-order valence-corrected chi connectivity index (χ0v) is 12.3. The van der Waals surface area contributed by atoms with E-state index in [1.54, 1.807) is 4.90 Å². The average Bonchev–Trinajstić information content (AvgIpc) is 2.92. The average molecular weight is 283 g/mol. The fourth-order valence-electron chi connectivity index (χ4n) is 3.41. The van der Waals surface area contributed by atoms with E-state index < -0.39 is 5.41 Å². The van der Waals surface area contributed by atoms with Crippen LogP contribution >= 0.6 is 0 Å². The molecular formula is C14H25N3O3. The number of nitrogens with zero attached hydrogens (tertiary/aromatic N) is 2. The van der Waals surface area contributed by atoms with Crippen molar-refractivity contribution in [3.05, 3.63) is 0 Å². The van der Waals surface area contributed by atoms with Crippen molar-refractivity contribution in [2.24, 2.45) is 22.2 Å². The summed E-state index contributed by atoms with van der Waals surface area (Å²) in [6.45, 7) is 6.03. The van der Waals surface area contributed by atoms with Crippen molar-refractivity contribution in [1.82, 2.24) is 4.90 Å². The monoisotopic (exact) mass is 283 g/mol. The van der Waals surface area contributed by atoms with E-state index in [0.29, 0.717) is 31.8 Å². The predicted molar refractivity (Wildman–Crippen MR) is 75.5 cm³/mol. The predicted octanol–water partition coefficient (Wildman–Crippen LogP) is 1.18. The number of nitrogens with two attached hydrogens (primary N) is 1. The summed E-state index contributed by atoms with van der Waals surface area (Å²) in [5, 5.41) is 12.1. The van der Waals surface area contributed by atoms with Gasteiger partial charge in [-0.1, -0.05) is 12.1 Å². The van der Waals surface area contributed by atoms with Gasteiger partial charge in [-0.05, 0) is 38.5 Å². The summed E-state index contributed by atoms with van der Waals surface area (Å²) in [6, 6.07) is 0. The highest BCUT2D eigenvalue weighted by Crippen LogP contribution is 2.47. The molecule has 0 aromatic rings. The van der Waals surface area contributed by atoms with Gasteiger partial charge in [0.15, 0.2) is 5.84 Å². The van der Waals surface area contributed by atoms with Crippen LogP contribution in [0.15, 0.2) is 5.16 Å². The van der Waals surface area contributed by atoms with Crippen molar-refractivity contribution in [2.75, 3.05) is 19.7 Å². The molecule has 1 saturated heterocycles. The Morgan fingerprint density at radius 1 is 1.55 bits per heavy atom. The molecule has 1 aliphatic carbocycles. The maximum absolute atomic E-state index is 12.8. The number of oxime groups is 1. The molecule has 0 bridgehead atoms. The highest BCUT2D eigenvalue weighted by molar-refractivity contribution is 6.07. The lowest BCUT2D eigenvalue weighted by molar-refractivity contribution is -0.145. The Bertz CT molecular complexity index is 385. The van der Waals surface area contributed by atoms with Gasteiger partial charge in [0.2, 0.25) is 5.91 Å². The van der Waals surface area contributed by atoms with Crippen molar-refractivity contribution >= 4 is 11.7 Å². The highest BCUT2D eigenvalue weighted by atomic mass is 16.5. The number of carbonyl (C=O) groups excluding carboxylic acids is 1. The Balaban J connectivity index is 2.09. The topological polar surface area (TPSA) is 88.2 Å². The van der Waals surface area contributed by atoms with E-state index >= 15 is 0 Å². The number of ether oxygens (including phenoxy) is 1. The summed E-state index contributed by atoms with van der Waals surface area (Å²) in [4.78, 5) is 14.6. The molecule has 1 atom stereocenters. The van der Waals surface area contributed by atoms with Gasteiger partial charge in [0.1, 0.15) is 5.41 Å². The van der Waals surface area contributed by atoms with Gasteiger partial charge >= 0.3 is 0 Å². The van der Waals surface area contributed by atoms with Crippen molar-refractivity contribution < 1.29 is 14.7 Å². The summed E-state index contributed by atoms with van der Waals surface area (Å²) in [6.07, 6.45) is 3.49. The molecule has 0 aromatic carbocycles. The van der Waals surface area contributed by atoms with E-state index in [1.807, 2.05) is 6.92 Å². The van der Waals surface area contributed by atoms with Crippen LogP contribution in [0.25, 0.3) is 0 Å². The minimum absolute atomic E-state index is 0.0242. The van der Waals surface area contributed by atoms with Crippen molar-refractivity contribution in [3.8, 4) is 0 Å². The summed E-state index contributed by atoms with van der Waals surface area (Å²) >= 11 is 0. The van der Waals surface area contributed by atoms with Crippen LogP contribution in [0.3, 0.4) is 0 Å². The zero-order chi connectivity index (χ0) is 14.8. The molecule has 6 nitrogen and oxygen atoms in total. The molecule has 2 fully saturated rings. The molecule has 0 spiro atoms. The van der Waals surface area contributed by atoms with Crippen LogP contribution in [0.4, 0.5) is 0 Å². The van der Waals surface area contributed by atoms with Gasteiger partial charge in [0.25, 0.3) is 0 Å². The number of amidine groups is 1. The number of hydrogen-bond acceptors (Lipinski definition) is 4. The highest BCUT2D eigenvalue weighted by Gasteiger charge is 2.53. The SMILES string of the molecule is CCN(CC1CCCO1)C(=O)C1(C(N)=NO)CC(C)C1. The molecule has 114 valence electrons. The van der Waals surface area contributed by atoms with E-state index in [0.717, 1.165) is 19.4 Å². The number of amides is 1. The normalized spacial score (nSPS) is 33.8. The number of rotatable bonds is 5. The lowest BCUT2D eigenvalue weighted by Gasteiger charge is -2.46. The molecule has 1 heterocycles. The van der Waals surface area contributed by atoms with Gasteiger partial charge in [0, 0.05) is 19.7 Å². The molecular weight excluding hydrogens is 258 g/mol. The maximum atomic E-state index is 12.8. The molecule has 1 amide bonds. The van der Waals surface area contributed by atoms with Crippen molar-refractivity contribution in [1.29, 1.82) is 0 Å². The Morgan fingerprint density at radius 2 is 2.25 bits per heavy atom. The first-order valence-electron chi connectivity index (χ1n) is 7.42. The minimum atomic E-state index is -0.803. The van der Waals surface area contributed by atoms with Gasteiger partial charge in [0.05, 0.1) is 6.10 Å². The second-order valence-electron chi connectivity index (χ2n) is 6.06. The summed E-state index contributed by atoms with van der Waals surface area (Å²) < 4.78 is 5.60. The lowest BCUT2D eigenvalue weighted by Crippen LogP contribution is -2.58. The minimum Gasteiger partial charge on any atom is -0.409 e. The second kappa shape index (κ2) is 5.99. The van der Waals surface area contributed by atoms with Gasteiger partial charge in [-0.25, -0.2) is 0 Å². The Labute approximate surface area is 119 Å². The third-order valence-electron chi connectivity index (χ3n) is 4.52. The van der Waals surface area contributed by atoms with E-state index in [9.17, 15) is 4.79 Å². The Kier molecular flexibility index (Phi) is 4.52. The van der Waals surface area contributed by atoms with Gasteiger partial charge in [-0.3, -0.25) is 4.79 Å². The smallest absolute Gasteiger partial charge is 0.236 e. The molecule has 2 rings (SSSR count). The molecule has 1 unspecified atom stereocenters. The molecule has 2 aliphatic rings. The van der Waals surface area contributed by atoms with Crippen LogP contribution < -0.4 is 5.73 Å². The first-order valence-corrected chi connectivity index (χ1v) is 7.42. The van der Waals surface area contributed by atoms with Crippen LogP contribution in [-0.2, 0) is 9.53 Å². The van der Waals surface area contributed by atoms with E-state index in [2.05, 4.69) is 12.1 Å². The van der Waals surface area contributed by atoms with E-state index in [1.165, 1.54) is 0 Å². The summed E-state index contributed by atoms with van der Waals surface area (Å²) in [5.74, 6) is 0.455. The fourth-order valence-corrected chi connectivity index (χ4v) is 3.41. The molecule has 3 N–H and O–H groups in total. The summed E-state index contributed by atoms with van der Waals surface area (Å²) in [7, 11) is 0. The van der Waals surface area contributed by atoms with Crippen LogP contribution in [0.1, 0.15) is 39.5 Å². The number of hydrogen-bond donors (Lipinski definition) is 2. The zero-order valence-electron chi connectivity index (χ0n) is 12.3. The second-order valence-corrected chi connectivity index (χ2v) is 6.06. The molecule has 20 heavy (non-hydrogen) atoms. The Morgan fingerprint density at radius 3 is 2.70 bits per heavy atom. The third-order valence-corrected chi connectivity index (χ3v) is 4.52. The van der Waals surface area contributed by atoms with Crippen molar-refractivity contribution in [2.45, 2.75) is 45.6 Å². The van der Waals surface area contributed by atoms with Crippen LogP contribution in [-0.4, -0.2) is 47.7 Å². The quantitative estimate of drug-likeness (QED) is 0.343. The Hall–Kier alpha value is -1.30. The molecule has 1 saturated carbocycles. The standard InChI is InChI=1S/C14H25N3O3/c1-3-17(9-11-5-4-6-20-11)13(18)14(12(15)16-19)7-10(2)8-14/h10-11,19H,3-9H2,1-2H3,(H2,15,16). The van der Waals surface area contributed by atoms with Crippen LogP contribution in [0, 0.1) is 11.3 Å². The first kappa shape index (κ1) is 15.1. The summed E-state index contributed by atoms with van der Waals surface area (Å²) in [5.41, 5.74) is 5.00. The van der Waals surface area contributed by atoms with Gasteiger partial charge in [-0.2, -0.15) is 0 Å². The maximum Gasteiger partial charge on any atom is 0.236 e.